The van der Waals surface area contributed by atoms with Crippen molar-refractivity contribution in [2.75, 3.05) is 5.73 Å². The molecule has 0 bridgehead atoms. The zero-order valence-corrected chi connectivity index (χ0v) is 9.42. The predicted molar refractivity (Wildman–Crippen MR) is 62.8 cm³/mol. The topological polar surface area (TPSA) is 43.8 Å². The maximum absolute atomic E-state index is 5.99. The summed E-state index contributed by atoms with van der Waals surface area (Å²) in [6.07, 6.45) is 1.75. The van der Waals surface area contributed by atoms with E-state index in [4.69, 9.17) is 17.3 Å². The Kier molecular flexibility index (Phi) is 2.40. The summed E-state index contributed by atoms with van der Waals surface area (Å²) in [5, 5.41) is 4.82. The second-order valence-corrected chi connectivity index (χ2v) is 4.02. The van der Waals surface area contributed by atoms with Crippen molar-refractivity contribution in [3.63, 3.8) is 0 Å². The first-order chi connectivity index (χ1) is 7.08. The Hall–Kier alpha value is -1.48. The van der Waals surface area contributed by atoms with Crippen LogP contribution in [-0.2, 0) is 7.05 Å². The highest BCUT2D eigenvalue weighted by Crippen LogP contribution is 2.28. The number of hydrogen-bond acceptors (Lipinski definition) is 2. The Morgan fingerprint density at radius 1 is 1.33 bits per heavy atom. The molecule has 0 aliphatic carbocycles. The number of rotatable bonds is 1. The van der Waals surface area contributed by atoms with E-state index in [9.17, 15) is 0 Å². The molecule has 0 aliphatic rings. The number of anilines is 1. The van der Waals surface area contributed by atoms with Crippen LogP contribution in [0.5, 0.6) is 0 Å². The van der Waals surface area contributed by atoms with Gasteiger partial charge in [-0.15, -0.1) is 0 Å². The van der Waals surface area contributed by atoms with Gasteiger partial charge in [0, 0.05) is 17.6 Å². The lowest BCUT2D eigenvalue weighted by molar-refractivity contribution is 0.779. The Morgan fingerprint density at radius 3 is 2.60 bits per heavy atom. The molecule has 0 fully saturated rings. The van der Waals surface area contributed by atoms with Crippen molar-refractivity contribution < 1.29 is 0 Å². The van der Waals surface area contributed by atoms with Crippen LogP contribution in [0.2, 0.25) is 5.02 Å². The number of nitrogen functional groups attached to an aromatic ring is 1. The zero-order valence-electron chi connectivity index (χ0n) is 8.66. The Labute approximate surface area is 93.5 Å². The highest BCUT2D eigenvalue weighted by atomic mass is 35.5. The highest BCUT2D eigenvalue weighted by molar-refractivity contribution is 6.31. The Balaban J connectivity index is 2.58. The number of aryl methyl sites for hydroxylation is 2. The van der Waals surface area contributed by atoms with E-state index in [1.807, 2.05) is 32.2 Å². The summed E-state index contributed by atoms with van der Waals surface area (Å²) in [6.45, 7) is 2.00. The number of nitrogens with two attached hydrogens (primary N) is 1. The van der Waals surface area contributed by atoms with Gasteiger partial charge in [-0.2, -0.15) is 5.10 Å². The summed E-state index contributed by atoms with van der Waals surface area (Å²) in [5.41, 5.74) is 8.93. The highest BCUT2D eigenvalue weighted by Gasteiger charge is 2.08. The van der Waals surface area contributed by atoms with Gasteiger partial charge in [0.25, 0.3) is 0 Å². The third-order valence-corrected chi connectivity index (χ3v) is 2.56. The van der Waals surface area contributed by atoms with E-state index in [-0.39, 0.29) is 0 Å². The first-order valence-corrected chi connectivity index (χ1v) is 5.01. The molecule has 1 heterocycles. The molecule has 4 heteroatoms. The average Bonchev–Trinajstić information content (AvgIpc) is 2.46. The minimum Gasteiger partial charge on any atom is -0.383 e. The lowest BCUT2D eigenvalue weighted by atomic mass is 10.1. The first-order valence-electron chi connectivity index (χ1n) is 4.63. The summed E-state index contributed by atoms with van der Waals surface area (Å²) in [4.78, 5) is 0. The van der Waals surface area contributed by atoms with E-state index < -0.39 is 0 Å². The second kappa shape index (κ2) is 3.59. The van der Waals surface area contributed by atoms with E-state index in [1.165, 1.54) is 0 Å². The molecule has 0 saturated heterocycles. The summed E-state index contributed by atoms with van der Waals surface area (Å²) >= 11 is 5.99. The van der Waals surface area contributed by atoms with Crippen molar-refractivity contribution in [2.24, 2.45) is 7.05 Å². The van der Waals surface area contributed by atoms with Crippen LogP contribution in [0.1, 0.15) is 5.56 Å². The molecular weight excluding hydrogens is 210 g/mol. The predicted octanol–water partition coefficient (Wildman–Crippen LogP) is 2.63. The first kappa shape index (κ1) is 10.1. The molecule has 0 radical (unpaired) electrons. The van der Waals surface area contributed by atoms with Crippen LogP contribution in [0.3, 0.4) is 0 Å². The molecule has 0 amide bonds. The van der Waals surface area contributed by atoms with Gasteiger partial charge in [-0.1, -0.05) is 17.7 Å². The number of aromatic nitrogens is 2. The monoisotopic (exact) mass is 221 g/mol. The number of hydrogen-bond donors (Lipinski definition) is 1. The van der Waals surface area contributed by atoms with Gasteiger partial charge in [-0.3, -0.25) is 4.68 Å². The van der Waals surface area contributed by atoms with Crippen LogP contribution in [0.15, 0.2) is 24.4 Å². The molecule has 2 rings (SSSR count). The molecule has 2 N–H and O–H groups in total. The average molecular weight is 222 g/mol. The van der Waals surface area contributed by atoms with Gasteiger partial charge < -0.3 is 5.73 Å². The SMILES string of the molecule is Cc1cc(Cl)cc(-c2cnn(C)c2N)c1. The van der Waals surface area contributed by atoms with Crippen molar-refractivity contribution >= 4 is 17.4 Å². The van der Waals surface area contributed by atoms with Crippen LogP contribution in [0.4, 0.5) is 5.82 Å². The molecule has 0 atom stereocenters. The molecule has 1 aromatic heterocycles. The maximum atomic E-state index is 5.99. The van der Waals surface area contributed by atoms with Crippen molar-refractivity contribution in [1.29, 1.82) is 0 Å². The van der Waals surface area contributed by atoms with Gasteiger partial charge in [0.1, 0.15) is 5.82 Å². The van der Waals surface area contributed by atoms with Crippen molar-refractivity contribution in [3.8, 4) is 11.1 Å². The molecular formula is C11H12ClN3. The van der Waals surface area contributed by atoms with Crippen LogP contribution < -0.4 is 5.73 Å². The molecule has 15 heavy (non-hydrogen) atoms. The molecule has 0 spiro atoms. The summed E-state index contributed by atoms with van der Waals surface area (Å²) in [7, 11) is 1.82. The number of halogens is 1. The van der Waals surface area contributed by atoms with Gasteiger partial charge in [0.05, 0.1) is 6.20 Å². The summed E-state index contributed by atoms with van der Waals surface area (Å²) < 4.78 is 1.64. The van der Waals surface area contributed by atoms with Gasteiger partial charge in [-0.25, -0.2) is 0 Å². The molecule has 2 aromatic rings. The fourth-order valence-electron chi connectivity index (χ4n) is 1.56. The van der Waals surface area contributed by atoms with E-state index in [0.29, 0.717) is 10.8 Å². The van der Waals surface area contributed by atoms with Crippen molar-refractivity contribution in [3.05, 3.63) is 35.0 Å². The minimum atomic E-state index is 0.650. The minimum absolute atomic E-state index is 0.650. The molecule has 0 aliphatic heterocycles. The van der Waals surface area contributed by atoms with E-state index in [1.54, 1.807) is 10.9 Å². The second-order valence-electron chi connectivity index (χ2n) is 3.58. The molecule has 0 unspecified atom stereocenters. The third kappa shape index (κ3) is 1.83. The maximum Gasteiger partial charge on any atom is 0.129 e. The standard InChI is InChI=1S/C11H12ClN3/c1-7-3-8(5-9(12)4-7)10-6-14-15(2)11(10)13/h3-6H,13H2,1-2H3. The summed E-state index contributed by atoms with van der Waals surface area (Å²) in [5.74, 6) is 0.650. The van der Waals surface area contributed by atoms with E-state index in [0.717, 1.165) is 16.7 Å². The number of nitrogens with zero attached hydrogens (tertiary/aromatic N) is 2. The van der Waals surface area contributed by atoms with Gasteiger partial charge >= 0.3 is 0 Å². The Bertz CT molecular complexity index is 482. The quantitative estimate of drug-likeness (QED) is 0.805. The fourth-order valence-corrected chi connectivity index (χ4v) is 1.85. The van der Waals surface area contributed by atoms with E-state index >= 15 is 0 Å². The largest absolute Gasteiger partial charge is 0.383 e. The summed E-state index contributed by atoms with van der Waals surface area (Å²) in [6, 6.07) is 5.85. The van der Waals surface area contributed by atoms with Crippen LogP contribution >= 0.6 is 11.6 Å². The van der Waals surface area contributed by atoms with Crippen molar-refractivity contribution in [2.45, 2.75) is 6.92 Å². The normalized spacial score (nSPS) is 10.6. The van der Waals surface area contributed by atoms with Crippen molar-refractivity contribution in [1.82, 2.24) is 9.78 Å². The smallest absolute Gasteiger partial charge is 0.129 e. The zero-order chi connectivity index (χ0) is 11.0. The Morgan fingerprint density at radius 2 is 2.07 bits per heavy atom. The van der Waals surface area contributed by atoms with Crippen LogP contribution in [0, 0.1) is 6.92 Å². The van der Waals surface area contributed by atoms with Gasteiger partial charge in [0.15, 0.2) is 0 Å². The van der Waals surface area contributed by atoms with Crippen LogP contribution in [-0.4, -0.2) is 9.78 Å². The lowest BCUT2D eigenvalue weighted by Gasteiger charge is -2.03. The van der Waals surface area contributed by atoms with Crippen LogP contribution in [0.25, 0.3) is 11.1 Å². The molecule has 78 valence electrons. The molecule has 3 nitrogen and oxygen atoms in total. The number of benzene rings is 1. The molecule has 0 saturated carbocycles. The fraction of sp³-hybridized carbons (Fsp3) is 0.182. The lowest BCUT2D eigenvalue weighted by Crippen LogP contribution is -1.98. The molecule has 1 aromatic carbocycles. The third-order valence-electron chi connectivity index (χ3n) is 2.34. The van der Waals surface area contributed by atoms with Gasteiger partial charge in [-0.05, 0) is 30.2 Å². The van der Waals surface area contributed by atoms with E-state index in [2.05, 4.69) is 5.10 Å². The van der Waals surface area contributed by atoms with Gasteiger partial charge in [0.2, 0.25) is 0 Å².